The summed E-state index contributed by atoms with van der Waals surface area (Å²) < 4.78 is 11.3. The number of ether oxygens (including phenoxy) is 2. The van der Waals surface area contributed by atoms with Gasteiger partial charge in [-0.1, -0.05) is 30.3 Å². The molecule has 0 saturated carbocycles. The van der Waals surface area contributed by atoms with Gasteiger partial charge >= 0.3 is 0 Å². The van der Waals surface area contributed by atoms with Crippen molar-refractivity contribution >= 4 is 23.2 Å². The summed E-state index contributed by atoms with van der Waals surface area (Å²) in [5.74, 6) is 0.916. The number of aromatic nitrogens is 2. The monoisotopic (exact) mass is 400 g/mol. The van der Waals surface area contributed by atoms with Gasteiger partial charge in [-0.15, -0.1) is 0 Å². The van der Waals surface area contributed by atoms with E-state index < -0.39 is 0 Å². The Kier molecular flexibility index (Phi) is 5.70. The summed E-state index contributed by atoms with van der Waals surface area (Å²) in [5.41, 5.74) is 6.45. The number of fused-ring (bicyclic) bond motifs is 1. The summed E-state index contributed by atoms with van der Waals surface area (Å²) in [6, 6.07) is 20.6. The molecule has 4 rings (SSSR count). The number of carbonyl (C=O) groups excluding carboxylic acids is 1. The Hall–Kier alpha value is -4.13. The first-order valence-electron chi connectivity index (χ1n) is 9.34. The molecule has 150 valence electrons. The predicted octanol–water partition coefficient (Wildman–Crippen LogP) is 3.91. The molecule has 1 amide bonds. The van der Waals surface area contributed by atoms with Gasteiger partial charge in [-0.2, -0.15) is 5.10 Å². The quantitative estimate of drug-likeness (QED) is 0.364. The molecule has 0 atom stereocenters. The highest BCUT2D eigenvalue weighted by molar-refractivity contribution is 5.97. The zero-order valence-corrected chi connectivity index (χ0v) is 16.3. The second kappa shape index (κ2) is 8.91. The molecule has 0 saturated heterocycles. The first-order chi connectivity index (χ1) is 14.7. The molecule has 0 unspecified atom stereocenters. The van der Waals surface area contributed by atoms with Crippen LogP contribution < -0.4 is 14.9 Å². The minimum absolute atomic E-state index is 0.308. The number of nitrogens with one attached hydrogen (secondary N) is 2. The third-order valence-corrected chi connectivity index (χ3v) is 4.49. The van der Waals surface area contributed by atoms with Gasteiger partial charge in [-0.05, 0) is 47.5 Å². The number of hydrogen-bond acceptors (Lipinski definition) is 5. The van der Waals surface area contributed by atoms with E-state index in [9.17, 15) is 4.79 Å². The fraction of sp³-hybridized carbons (Fsp3) is 0.0870. The molecule has 3 aromatic carbocycles. The summed E-state index contributed by atoms with van der Waals surface area (Å²) in [6.45, 7) is 0.446. The Morgan fingerprint density at radius 2 is 1.97 bits per heavy atom. The van der Waals surface area contributed by atoms with Gasteiger partial charge in [0, 0.05) is 5.56 Å². The van der Waals surface area contributed by atoms with E-state index in [4.69, 9.17) is 9.47 Å². The minimum Gasteiger partial charge on any atom is -0.493 e. The van der Waals surface area contributed by atoms with Crippen LogP contribution in [0.1, 0.15) is 21.5 Å². The van der Waals surface area contributed by atoms with Gasteiger partial charge in [0.1, 0.15) is 6.61 Å². The molecule has 0 radical (unpaired) electrons. The van der Waals surface area contributed by atoms with Crippen LogP contribution in [-0.2, 0) is 6.61 Å². The zero-order chi connectivity index (χ0) is 20.8. The van der Waals surface area contributed by atoms with Crippen LogP contribution in [0.2, 0.25) is 0 Å². The summed E-state index contributed by atoms with van der Waals surface area (Å²) in [4.78, 5) is 19.4. The highest BCUT2D eigenvalue weighted by atomic mass is 16.5. The van der Waals surface area contributed by atoms with Crippen molar-refractivity contribution in [2.45, 2.75) is 6.61 Å². The van der Waals surface area contributed by atoms with Gasteiger partial charge < -0.3 is 14.5 Å². The topological polar surface area (TPSA) is 88.6 Å². The van der Waals surface area contributed by atoms with Crippen LogP contribution in [0.3, 0.4) is 0 Å². The average molecular weight is 400 g/mol. The number of methoxy groups -OCH3 is 1. The smallest absolute Gasteiger partial charge is 0.271 e. The number of H-pyrrole nitrogens is 1. The molecule has 1 aromatic heterocycles. The summed E-state index contributed by atoms with van der Waals surface area (Å²) >= 11 is 0. The number of aromatic amines is 1. The van der Waals surface area contributed by atoms with Crippen LogP contribution in [0.5, 0.6) is 11.5 Å². The molecule has 0 spiro atoms. The molecule has 30 heavy (non-hydrogen) atoms. The summed E-state index contributed by atoms with van der Waals surface area (Å²) in [6.07, 6.45) is 3.14. The third kappa shape index (κ3) is 4.47. The summed E-state index contributed by atoms with van der Waals surface area (Å²) in [7, 11) is 1.58. The first-order valence-corrected chi connectivity index (χ1v) is 9.34. The van der Waals surface area contributed by atoms with Crippen molar-refractivity contribution in [1.82, 2.24) is 15.4 Å². The molecule has 0 aliphatic rings. The maximum Gasteiger partial charge on any atom is 0.271 e. The Bertz CT molecular complexity index is 1190. The largest absolute Gasteiger partial charge is 0.493 e. The number of carbonyl (C=O) groups is 1. The Balaban J connectivity index is 1.39. The van der Waals surface area contributed by atoms with Crippen LogP contribution in [0.25, 0.3) is 11.0 Å². The van der Waals surface area contributed by atoms with Crippen molar-refractivity contribution in [3.8, 4) is 11.5 Å². The lowest BCUT2D eigenvalue weighted by Gasteiger charge is -2.11. The van der Waals surface area contributed by atoms with E-state index >= 15 is 0 Å². The van der Waals surface area contributed by atoms with Gasteiger partial charge in [0.05, 0.1) is 30.7 Å². The number of nitrogens with zero attached hydrogens (tertiary/aromatic N) is 2. The minimum atomic E-state index is -0.308. The molecule has 0 aliphatic heterocycles. The van der Waals surface area contributed by atoms with Gasteiger partial charge in [0.15, 0.2) is 11.5 Å². The van der Waals surface area contributed by atoms with Crippen molar-refractivity contribution in [3.63, 3.8) is 0 Å². The predicted molar refractivity (Wildman–Crippen MR) is 115 cm³/mol. The Labute approximate surface area is 173 Å². The second-order valence-electron chi connectivity index (χ2n) is 6.52. The Morgan fingerprint density at radius 1 is 1.10 bits per heavy atom. The van der Waals surface area contributed by atoms with Crippen molar-refractivity contribution in [2.24, 2.45) is 5.10 Å². The number of amides is 1. The SMILES string of the molecule is COc1cc(C=NNC(=O)c2ccc3nc[nH]c3c2)ccc1OCc1ccccc1. The summed E-state index contributed by atoms with van der Waals surface area (Å²) in [5, 5.41) is 4.04. The fourth-order valence-corrected chi connectivity index (χ4v) is 2.93. The highest BCUT2D eigenvalue weighted by Gasteiger charge is 2.08. The standard InChI is InChI=1S/C23H20N4O3/c1-29-22-11-17(7-10-21(22)30-14-16-5-3-2-4-6-16)13-26-27-23(28)18-8-9-19-20(12-18)25-15-24-19/h2-13,15H,14H2,1H3,(H,24,25)(H,27,28). The number of imidazole rings is 1. The lowest BCUT2D eigenvalue weighted by atomic mass is 10.2. The van der Waals surface area contributed by atoms with Crippen LogP contribution in [-0.4, -0.2) is 29.2 Å². The van der Waals surface area contributed by atoms with Crippen molar-refractivity contribution in [1.29, 1.82) is 0 Å². The zero-order valence-electron chi connectivity index (χ0n) is 16.3. The van der Waals surface area contributed by atoms with E-state index in [-0.39, 0.29) is 5.91 Å². The molecule has 1 heterocycles. The molecule has 7 heteroatoms. The molecule has 7 nitrogen and oxygen atoms in total. The van der Waals surface area contributed by atoms with Gasteiger partial charge in [0.2, 0.25) is 0 Å². The average Bonchev–Trinajstić information content (AvgIpc) is 3.26. The van der Waals surface area contributed by atoms with Gasteiger partial charge in [0.25, 0.3) is 5.91 Å². The first kappa shape index (κ1) is 19.2. The van der Waals surface area contributed by atoms with Crippen LogP contribution in [0, 0.1) is 0 Å². The van der Waals surface area contributed by atoms with Crippen molar-refractivity contribution in [2.75, 3.05) is 7.11 Å². The maximum absolute atomic E-state index is 12.3. The van der Waals surface area contributed by atoms with Crippen LogP contribution in [0.15, 0.2) is 78.2 Å². The van der Waals surface area contributed by atoms with Crippen molar-refractivity contribution < 1.29 is 14.3 Å². The number of benzene rings is 3. The van der Waals surface area contributed by atoms with Crippen LogP contribution in [0.4, 0.5) is 0 Å². The number of hydrazone groups is 1. The van der Waals surface area contributed by atoms with E-state index in [0.29, 0.717) is 23.7 Å². The van der Waals surface area contributed by atoms with E-state index in [1.54, 1.807) is 43.9 Å². The lowest BCUT2D eigenvalue weighted by Crippen LogP contribution is -2.17. The molecule has 0 aliphatic carbocycles. The fourth-order valence-electron chi connectivity index (χ4n) is 2.93. The van der Waals surface area contributed by atoms with Gasteiger partial charge in [-0.25, -0.2) is 10.4 Å². The normalized spacial score (nSPS) is 11.0. The van der Waals surface area contributed by atoms with Crippen LogP contribution >= 0.6 is 0 Å². The Morgan fingerprint density at radius 3 is 2.80 bits per heavy atom. The lowest BCUT2D eigenvalue weighted by molar-refractivity contribution is 0.0955. The van der Waals surface area contributed by atoms with Gasteiger partial charge in [-0.3, -0.25) is 4.79 Å². The number of rotatable bonds is 7. The van der Waals surface area contributed by atoms with Crippen molar-refractivity contribution in [3.05, 3.63) is 89.7 Å². The molecular formula is C23H20N4O3. The molecule has 2 N–H and O–H groups in total. The molecule has 0 bridgehead atoms. The van der Waals surface area contributed by atoms with E-state index in [0.717, 1.165) is 22.2 Å². The molecule has 4 aromatic rings. The molecular weight excluding hydrogens is 380 g/mol. The molecule has 0 fully saturated rings. The second-order valence-corrected chi connectivity index (χ2v) is 6.52. The third-order valence-electron chi connectivity index (χ3n) is 4.49. The highest BCUT2D eigenvalue weighted by Crippen LogP contribution is 2.28. The van der Waals surface area contributed by atoms with E-state index in [1.165, 1.54) is 0 Å². The van der Waals surface area contributed by atoms with E-state index in [2.05, 4.69) is 20.5 Å². The van der Waals surface area contributed by atoms with E-state index in [1.807, 2.05) is 42.5 Å². The maximum atomic E-state index is 12.3. The number of hydrogen-bond donors (Lipinski definition) is 2.